The summed E-state index contributed by atoms with van der Waals surface area (Å²) in [5.74, 6) is 2.25. The third kappa shape index (κ3) is 2.96. The normalized spacial score (nSPS) is 20.7. The van der Waals surface area contributed by atoms with E-state index >= 15 is 0 Å². The Hall–Kier alpha value is 0.350. The maximum atomic E-state index is 2.31. The van der Waals surface area contributed by atoms with Crippen molar-refractivity contribution in [3.8, 4) is 0 Å². The Labute approximate surface area is 68.8 Å². The smallest absolute Gasteiger partial charge is 0.00471 e. The van der Waals surface area contributed by atoms with Gasteiger partial charge in [0.2, 0.25) is 0 Å². The Morgan fingerprint density at radius 3 is 2.40 bits per heavy atom. The summed E-state index contributed by atoms with van der Waals surface area (Å²) in [6, 6.07) is 0. The van der Waals surface area contributed by atoms with E-state index < -0.39 is 0 Å². The molecular weight excluding hydrogens is 140 g/mol. The van der Waals surface area contributed by atoms with Crippen LogP contribution >= 0.6 is 11.8 Å². The van der Waals surface area contributed by atoms with Crippen molar-refractivity contribution in [1.29, 1.82) is 0 Å². The number of thioether (sulfide) groups is 1. The molecule has 0 aromatic carbocycles. The minimum absolute atomic E-state index is 0.880. The standard InChI is InChI=1S/C9H18S/c1-8(2)7-10-9-5-3-4-6-9/h8-9H,3-7H2,1-2H3. The van der Waals surface area contributed by atoms with Gasteiger partial charge in [-0.25, -0.2) is 0 Å². The molecule has 0 aromatic heterocycles. The van der Waals surface area contributed by atoms with Crippen molar-refractivity contribution in [2.45, 2.75) is 44.8 Å². The Morgan fingerprint density at radius 2 is 1.90 bits per heavy atom. The zero-order chi connectivity index (χ0) is 7.40. The van der Waals surface area contributed by atoms with E-state index in [2.05, 4.69) is 25.6 Å². The lowest BCUT2D eigenvalue weighted by atomic mass is 10.3. The zero-order valence-electron chi connectivity index (χ0n) is 7.10. The molecule has 0 unspecified atom stereocenters. The number of hydrogen-bond acceptors (Lipinski definition) is 1. The van der Waals surface area contributed by atoms with Gasteiger partial charge in [0.25, 0.3) is 0 Å². The molecule has 0 amide bonds. The first-order valence-corrected chi connectivity index (χ1v) is 5.45. The van der Waals surface area contributed by atoms with Crippen LogP contribution in [0.5, 0.6) is 0 Å². The Kier molecular flexibility index (Phi) is 3.61. The summed E-state index contributed by atoms with van der Waals surface area (Å²) in [7, 11) is 0. The van der Waals surface area contributed by atoms with E-state index in [1.165, 1.54) is 31.4 Å². The second-order valence-electron chi connectivity index (χ2n) is 3.63. The summed E-state index contributed by atoms with van der Waals surface area (Å²) in [4.78, 5) is 0. The Bertz CT molecular complexity index is 82.7. The molecule has 1 fully saturated rings. The van der Waals surface area contributed by atoms with Gasteiger partial charge >= 0.3 is 0 Å². The van der Waals surface area contributed by atoms with Gasteiger partial charge < -0.3 is 0 Å². The van der Waals surface area contributed by atoms with Crippen molar-refractivity contribution in [3.05, 3.63) is 0 Å². The van der Waals surface area contributed by atoms with Crippen molar-refractivity contribution in [2.24, 2.45) is 5.92 Å². The first-order valence-electron chi connectivity index (χ1n) is 4.40. The van der Waals surface area contributed by atoms with E-state index in [4.69, 9.17) is 0 Å². The van der Waals surface area contributed by atoms with Crippen LogP contribution in [-0.2, 0) is 0 Å². The molecule has 10 heavy (non-hydrogen) atoms. The molecule has 0 N–H and O–H groups in total. The van der Waals surface area contributed by atoms with Crippen molar-refractivity contribution in [3.63, 3.8) is 0 Å². The monoisotopic (exact) mass is 158 g/mol. The second-order valence-corrected chi connectivity index (χ2v) is 4.97. The van der Waals surface area contributed by atoms with Gasteiger partial charge in [-0.15, -0.1) is 0 Å². The fourth-order valence-corrected chi connectivity index (χ4v) is 2.71. The molecule has 1 saturated carbocycles. The Morgan fingerprint density at radius 1 is 1.30 bits per heavy atom. The first kappa shape index (κ1) is 8.45. The van der Waals surface area contributed by atoms with Gasteiger partial charge in [-0.2, -0.15) is 11.8 Å². The van der Waals surface area contributed by atoms with Gasteiger partial charge in [-0.1, -0.05) is 26.7 Å². The van der Waals surface area contributed by atoms with Crippen LogP contribution in [0.4, 0.5) is 0 Å². The summed E-state index contributed by atoms with van der Waals surface area (Å²) >= 11 is 2.19. The molecule has 1 heteroatoms. The van der Waals surface area contributed by atoms with Gasteiger partial charge in [0, 0.05) is 5.25 Å². The van der Waals surface area contributed by atoms with Gasteiger partial charge in [0.15, 0.2) is 0 Å². The minimum Gasteiger partial charge on any atom is -0.158 e. The van der Waals surface area contributed by atoms with Crippen LogP contribution in [-0.4, -0.2) is 11.0 Å². The zero-order valence-corrected chi connectivity index (χ0v) is 7.91. The van der Waals surface area contributed by atoms with E-state index in [1.54, 1.807) is 0 Å². The largest absolute Gasteiger partial charge is 0.158 e. The summed E-state index contributed by atoms with van der Waals surface area (Å²) in [5.41, 5.74) is 0. The van der Waals surface area contributed by atoms with Gasteiger partial charge in [-0.05, 0) is 24.5 Å². The summed E-state index contributed by atoms with van der Waals surface area (Å²) in [6.07, 6.45) is 5.93. The Balaban J connectivity index is 2.01. The fourth-order valence-electron chi connectivity index (χ4n) is 1.38. The maximum absolute atomic E-state index is 2.31. The third-order valence-corrected chi connectivity index (χ3v) is 3.77. The number of hydrogen-bond donors (Lipinski definition) is 0. The average Bonchev–Trinajstić information content (AvgIpc) is 2.34. The lowest BCUT2D eigenvalue weighted by molar-refractivity contribution is 0.745. The molecular formula is C9H18S. The van der Waals surface area contributed by atoms with E-state index in [1.807, 2.05) is 0 Å². The van der Waals surface area contributed by atoms with E-state index in [0.717, 1.165) is 11.2 Å². The van der Waals surface area contributed by atoms with E-state index in [-0.39, 0.29) is 0 Å². The molecule has 0 atom stereocenters. The molecule has 0 heterocycles. The van der Waals surface area contributed by atoms with Gasteiger partial charge in [0.1, 0.15) is 0 Å². The highest BCUT2D eigenvalue weighted by molar-refractivity contribution is 7.99. The van der Waals surface area contributed by atoms with Crippen molar-refractivity contribution >= 4 is 11.8 Å². The number of rotatable bonds is 3. The van der Waals surface area contributed by atoms with Crippen LogP contribution in [0, 0.1) is 5.92 Å². The van der Waals surface area contributed by atoms with Crippen LogP contribution in [0.1, 0.15) is 39.5 Å². The third-order valence-electron chi connectivity index (χ3n) is 1.97. The van der Waals surface area contributed by atoms with Crippen molar-refractivity contribution < 1.29 is 0 Å². The topological polar surface area (TPSA) is 0 Å². The predicted molar refractivity (Wildman–Crippen MR) is 49.6 cm³/mol. The van der Waals surface area contributed by atoms with Crippen LogP contribution in [0.3, 0.4) is 0 Å². The van der Waals surface area contributed by atoms with E-state index in [0.29, 0.717) is 0 Å². The molecule has 1 aliphatic rings. The minimum atomic E-state index is 0.880. The van der Waals surface area contributed by atoms with Crippen molar-refractivity contribution in [2.75, 3.05) is 5.75 Å². The van der Waals surface area contributed by atoms with Crippen LogP contribution < -0.4 is 0 Å². The molecule has 0 nitrogen and oxygen atoms in total. The predicted octanol–water partition coefficient (Wildman–Crippen LogP) is 3.32. The highest BCUT2D eigenvalue weighted by atomic mass is 32.2. The molecule has 1 aliphatic carbocycles. The summed E-state index contributed by atoms with van der Waals surface area (Å²) in [6.45, 7) is 4.61. The molecule has 0 spiro atoms. The van der Waals surface area contributed by atoms with Crippen LogP contribution in [0.2, 0.25) is 0 Å². The second kappa shape index (κ2) is 4.27. The lowest BCUT2D eigenvalue weighted by Gasteiger charge is -2.09. The average molecular weight is 158 g/mol. The SMILES string of the molecule is CC(C)CSC1CCCC1. The van der Waals surface area contributed by atoms with Gasteiger partial charge in [0.05, 0.1) is 0 Å². The highest BCUT2D eigenvalue weighted by Gasteiger charge is 2.14. The molecule has 0 aliphatic heterocycles. The molecule has 0 bridgehead atoms. The first-order chi connectivity index (χ1) is 4.79. The summed E-state index contributed by atoms with van der Waals surface area (Å²) in [5, 5.41) is 1.02. The highest BCUT2D eigenvalue weighted by Crippen LogP contribution is 2.30. The van der Waals surface area contributed by atoms with Crippen LogP contribution in [0.15, 0.2) is 0 Å². The molecule has 0 aromatic rings. The molecule has 1 rings (SSSR count). The molecule has 0 saturated heterocycles. The van der Waals surface area contributed by atoms with Gasteiger partial charge in [-0.3, -0.25) is 0 Å². The van der Waals surface area contributed by atoms with Crippen LogP contribution in [0.25, 0.3) is 0 Å². The van der Waals surface area contributed by atoms with Crippen molar-refractivity contribution in [1.82, 2.24) is 0 Å². The maximum Gasteiger partial charge on any atom is 0.00471 e. The fraction of sp³-hybridized carbons (Fsp3) is 1.00. The molecule has 0 radical (unpaired) electrons. The van der Waals surface area contributed by atoms with E-state index in [9.17, 15) is 0 Å². The lowest BCUT2D eigenvalue weighted by Crippen LogP contribution is -1.99. The molecule has 60 valence electrons. The summed E-state index contributed by atoms with van der Waals surface area (Å²) < 4.78 is 0. The quantitative estimate of drug-likeness (QED) is 0.607.